The predicted octanol–water partition coefficient (Wildman–Crippen LogP) is 2.19. The lowest BCUT2D eigenvalue weighted by atomic mass is 10.2. The molecule has 2 aromatic carbocycles. The number of fused-ring (bicyclic) bond motifs is 1. The van der Waals surface area contributed by atoms with E-state index >= 15 is 0 Å². The number of rotatable bonds is 5. The molecule has 0 saturated heterocycles. The van der Waals surface area contributed by atoms with E-state index in [9.17, 15) is 9.59 Å². The molecule has 0 unspecified atom stereocenters. The third-order valence-corrected chi connectivity index (χ3v) is 3.60. The van der Waals surface area contributed by atoms with Crippen molar-refractivity contribution < 1.29 is 13.9 Å². The van der Waals surface area contributed by atoms with E-state index in [1.54, 1.807) is 56.6 Å². The van der Waals surface area contributed by atoms with Crippen LogP contribution in [-0.4, -0.2) is 24.1 Å². The van der Waals surface area contributed by atoms with Gasteiger partial charge in [-0.1, -0.05) is 6.07 Å². The highest BCUT2D eigenvalue weighted by Gasteiger charge is 2.08. The molecule has 0 saturated carbocycles. The van der Waals surface area contributed by atoms with Crippen molar-refractivity contribution in [2.24, 2.45) is 7.05 Å². The molecule has 1 amide bonds. The molecule has 3 rings (SSSR count). The number of carbonyl (C=O) groups is 1. The van der Waals surface area contributed by atoms with Crippen molar-refractivity contribution in [1.29, 1.82) is 0 Å². The molecule has 124 valence electrons. The fourth-order valence-electron chi connectivity index (χ4n) is 2.32. The van der Waals surface area contributed by atoms with Crippen LogP contribution >= 0.6 is 0 Å². The Balaban J connectivity index is 1.65. The fourth-order valence-corrected chi connectivity index (χ4v) is 2.32. The van der Waals surface area contributed by atoms with Crippen LogP contribution in [0, 0.1) is 0 Å². The van der Waals surface area contributed by atoms with Gasteiger partial charge in [-0.3, -0.25) is 9.36 Å². The summed E-state index contributed by atoms with van der Waals surface area (Å²) in [5, 5.41) is 5.81. The predicted molar refractivity (Wildman–Crippen MR) is 91.6 cm³/mol. The van der Waals surface area contributed by atoms with Crippen molar-refractivity contribution in [3.05, 3.63) is 53.0 Å². The molecule has 1 heterocycles. The number of anilines is 2. The number of methoxy groups -OCH3 is 1. The van der Waals surface area contributed by atoms with Crippen molar-refractivity contribution in [1.82, 2.24) is 4.57 Å². The first kappa shape index (κ1) is 15.7. The summed E-state index contributed by atoms with van der Waals surface area (Å²) in [6.45, 7) is 0.0918. The van der Waals surface area contributed by atoms with Gasteiger partial charge in [0.05, 0.1) is 19.2 Å². The van der Waals surface area contributed by atoms with Crippen LogP contribution in [-0.2, 0) is 11.8 Å². The molecule has 0 aliphatic carbocycles. The number of amides is 1. The zero-order chi connectivity index (χ0) is 17.1. The Labute approximate surface area is 137 Å². The number of hydrogen-bond acceptors (Lipinski definition) is 5. The van der Waals surface area contributed by atoms with Gasteiger partial charge in [-0.25, -0.2) is 4.79 Å². The average Bonchev–Trinajstić information content (AvgIpc) is 2.87. The Morgan fingerprint density at radius 2 is 2.04 bits per heavy atom. The van der Waals surface area contributed by atoms with Gasteiger partial charge in [0.2, 0.25) is 5.91 Å². The third-order valence-electron chi connectivity index (χ3n) is 3.60. The maximum Gasteiger partial charge on any atom is 0.419 e. The van der Waals surface area contributed by atoms with E-state index in [1.807, 2.05) is 0 Å². The van der Waals surface area contributed by atoms with Crippen LogP contribution in [0.2, 0.25) is 0 Å². The SMILES string of the molecule is COc1cccc(NC(=O)CNc2ccc3oc(=O)n(C)c3c2)c1. The van der Waals surface area contributed by atoms with Crippen molar-refractivity contribution in [2.75, 3.05) is 24.3 Å². The summed E-state index contributed by atoms with van der Waals surface area (Å²) >= 11 is 0. The van der Waals surface area contributed by atoms with Gasteiger partial charge in [-0.2, -0.15) is 0 Å². The van der Waals surface area contributed by atoms with E-state index < -0.39 is 5.76 Å². The van der Waals surface area contributed by atoms with Crippen LogP contribution in [0.15, 0.2) is 51.7 Å². The van der Waals surface area contributed by atoms with Crippen LogP contribution in [0.3, 0.4) is 0 Å². The number of aryl methyl sites for hydroxylation is 1. The molecule has 0 atom stereocenters. The molecule has 0 spiro atoms. The number of ether oxygens (including phenoxy) is 1. The lowest BCUT2D eigenvalue weighted by Gasteiger charge is -2.09. The molecule has 7 heteroatoms. The minimum atomic E-state index is -0.419. The molecule has 0 aliphatic heterocycles. The van der Waals surface area contributed by atoms with Gasteiger partial charge >= 0.3 is 5.76 Å². The van der Waals surface area contributed by atoms with E-state index in [1.165, 1.54) is 4.57 Å². The van der Waals surface area contributed by atoms with E-state index in [0.717, 1.165) is 5.69 Å². The number of benzene rings is 2. The Bertz CT molecular complexity index is 942. The van der Waals surface area contributed by atoms with E-state index in [0.29, 0.717) is 22.5 Å². The molecule has 0 bridgehead atoms. The fraction of sp³-hybridized carbons (Fsp3) is 0.176. The maximum atomic E-state index is 12.0. The lowest BCUT2D eigenvalue weighted by molar-refractivity contribution is -0.114. The standard InChI is InChI=1S/C17H17N3O4/c1-20-14-9-11(6-7-15(14)24-17(20)22)18-10-16(21)19-12-4-3-5-13(8-12)23-2/h3-9,18H,10H2,1-2H3,(H,19,21). The van der Waals surface area contributed by atoms with Gasteiger partial charge in [0, 0.05) is 24.5 Å². The number of nitrogens with zero attached hydrogens (tertiary/aromatic N) is 1. The summed E-state index contributed by atoms with van der Waals surface area (Å²) < 4.78 is 11.6. The summed E-state index contributed by atoms with van der Waals surface area (Å²) in [6.07, 6.45) is 0. The van der Waals surface area contributed by atoms with Crippen molar-refractivity contribution in [2.45, 2.75) is 0 Å². The first-order valence-corrected chi connectivity index (χ1v) is 7.34. The first-order valence-electron chi connectivity index (χ1n) is 7.34. The second-order valence-electron chi connectivity index (χ2n) is 5.24. The summed E-state index contributed by atoms with van der Waals surface area (Å²) in [5.41, 5.74) is 2.56. The highest BCUT2D eigenvalue weighted by molar-refractivity contribution is 5.94. The Morgan fingerprint density at radius 3 is 2.83 bits per heavy atom. The molecule has 2 N–H and O–H groups in total. The topological polar surface area (TPSA) is 85.5 Å². The van der Waals surface area contributed by atoms with Crippen molar-refractivity contribution in [3.8, 4) is 5.75 Å². The first-order chi connectivity index (χ1) is 11.6. The van der Waals surface area contributed by atoms with Crippen molar-refractivity contribution in [3.63, 3.8) is 0 Å². The van der Waals surface area contributed by atoms with Crippen LogP contribution in [0.5, 0.6) is 5.75 Å². The summed E-state index contributed by atoms with van der Waals surface area (Å²) in [5.74, 6) is 0.0643. The van der Waals surface area contributed by atoms with Gasteiger partial charge in [-0.15, -0.1) is 0 Å². The Hall–Kier alpha value is -3.22. The monoisotopic (exact) mass is 327 g/mol. The molecular formula is C17H17N3O4. The highest BCUT2D eigenvalue weighted by atomic mass is 16.5. The number of nitrogens with one attached hydrogen (secondary N) is 2. The normalized spacial score (nSPS) is 10.6. The molecule has 7 nitrogen and oxygen atoms in total. The molecule has 1 aromatic heterocycles. The largest absolute Gasteiger partial charge is 0.497 e. The smallest absolute Gasteiger partial charge is 0.419 e. The Kier molecular flexibility index (Phi) is 4.24. The second-order valence-corrected chi connectivity index (χ2v) is 5.24. The van der Waals surface area contributed by atoms with E-state index in [2.05, 4.69) is 10.6 Å². The van der Waals surface area contributed by atoms with Crippen LogP contribution in [0.1, 0.15) is 0 Å². The van der Waals surface area contributed by atoms with Gasteiger partial charge in [0.25, 0.3) is 0 Å². The van der Waals surface area contributed by atoms with E-state index in [-0.39, 0.29) is 12.5 Å². The quantitative estimate of drug-likeness (QED) is 0.750. The summed E-state index contributed by atoms with van der Waals surface area (Å²) in [7, 11) is 3.20. The van der Waals surface area contributed by atoms with E-state index in [4.69, 9.17) is 9.15 Å². The van der Waals surface area contributed by atoms with Crippen LogP contribution in [0.4, 0.5) is 11.4 Å². The molecule has 0 fully saturated rings. The summed E-state index contributed by atoms with van der Waals surface area (Å²) in [6, 6.07) is 12.3. The highest BCUT2D eigenvalue weighted by Crippen LogP contribution is 2.18. The number of hydrogen-bond donors (Lipinski definition) is 2. The minimum absolute atomic E-state index is 0.0918. The van der Waals surface area contributed by atoms with Gasteiger partial charge in [0.1, 0.15) is 5.75 Å². The van der Waals surface area contributed by atoms with Gasteiger partial charge < -0.3 is 19.8 Å². The maximum absolute atomic E-state index is 12.0. The van der Waals surface area contributed by atoms with Crippen molar-refractivity contribution >= 4 is 28.4 Å². The molecular weight excluding hydrogens is 310 g/mol. The minimum Gasteiger partial charge on any atom is -0.497 e. The number of carbonyl (C=O) groups excluding carboxylic acids is 1. The third kappa shape index (κ3) is 3.24. The number of oxazole rings is 1. The molecule has 24 heavy (non-hydrogen) atoms. The van der Waals surface area contributed by atoms with Gasteiger partial charge in [0.15, 0.2) is 5.58 Å². The second kappa shape index (κ2) is 6.49. The molecule has 0 aliphatic rings. The number of aromatic nitrogens is 1. The van der Waals surface area contributed by atoms with Crippen LogP contribution < -0.4 is 21.1 Å². The zero-order valence-electron chi connectivity index (χ0n) is 13.3. The zero-order valence-corrected chi connectivity index (χ0v) is 13.3. The summed E-state index contributed by atoms with van der Waals surface area (Å²) in [4.78, 5) is 23.5. The lowest BCUT2D eigenvalue weighted by Crippen LogP contribution is -2.21. The van der Waals surface area contributed by atoms with Crippen LogP contribution in [0.25, 0.3) is 11.1 Å². The molecule has 0 radical (unpaired) electrons. The molecule has 3 aromatic rings. The Morgan fingerprint density at radius 1 is 1.21 bits per heavy atom. The van der Waals surface area contributed by atoms with Gasteiger partial charge in [-0.05, 0) is 30.3 Å². The average molecular weight is 327 g/mol.